The molecule has 0 saturated heterocycles. The first-order valence-corrected chi connectivity index (χ1v) is 12.2. The third kappa shape index (κ3) is 4.60. The maximum absolute atomic E-state index is 13.7. The molecule has 1 amide bonds. The van der Waals surface area contributed by atoms with E-state index in [0.29, 0.717) is 36.1 Å². The average Bonchev–Trinajstić information content (AvgIpc) is 3.09. The van der Waals surface area contributed by atoms with Crippen molar-refractivity contribution in [3.05, 3.63) is 74.6 Å². The van der Waals surface area contributed by atoms with Gasteiger partial charge >= 0.3 is 0 Å². The molecule has 0 fully saturated rings. The van der Waals surface area contributed by atoms with Gasteiger partial charge in [-0.25, -0.2) is 0 Å². The number of fused-ring (bicyclic) bond motifs is 2. The van der Waals surface area contributed by atoms with Crippen LogP contribution in [0.5, 0.6) is 5.75 Å². The van der Waals surface area contributed by atoms with Crippen LogP contribution in [0.4, 0.5) is 0 Å². The van der Waals surface area contributed by atoms with Gasteiger partial charge in [-0.3, -0.25) is 9.59 Å². The van der Waals surface area contributed by atoms with Crippen LogP contribution in [0.3, 0.4) is 0 Å². The second-order valence-electron chi connectivity index (χ2n) is 9.09. The first-order valence-electron chi connectivity index (χ1n) is 12.2. The van der Waals surface area contributed by atoms with Gasteiger partial charge in [0.1, 0.15) is 11.3 Å². The third-order valence-electron chi connectivity index (χ3n) is 6.43. The zero-order valence-corrected chi connectivity index (χ0v) is 20.2. The summed E-state index contributed by atoms with van der Waals surface area (Å²) < 4.78 is 11.9. The summed E-state index contributed by atoms with van der Waals surface area (Å²) in [6.45, 7) is 6.96. The van der Waals surface area contributed by atoms with E-state index in [1.54, 1.807) is 11.0 Å². The molecule has 1 atom stereocenters. The molecule has 6 heteroatoms. The minimum Gasteiger partial charge on any atom is -0.494 e. The number of nitrogens with zero attached hydrogens (tertiary/aromatic N) is 1. The third-order valence-corrected chi connectivity index (χ3v) is 6.43. The molecule has 1 N–H and O–H groups in total. The molecule has 6 nitrogen and oxygen atoms in total. The largest absolute Gasteiger partial charge is 0.494 e. The molecule has 1 aromatic heterocycles. The van der Waals surface area contributed by atoms with E-state index in [-0.39, 0.29) is 23.7 Å². The van der Waals surface area contributed by atoms with Gasteiger partial charge < -0.3 is 19.2 Å². The highest BCUT2D eigenvalue weighted by Gasteiger charge is 2.42. The van der Waals surface area contributed by atoms with Crippen molar-refractivity contribution >= 4 is 16.9 Å². The van der Waals surface area contributed by atoms with E-state index in [2.05, 4.69) is 6.92 Å². The van der Waals surface area contributed by atoms with Gasteiger partial charge in [0.2, 0.25) is 5.76 Å². The number of aryl methyl sites for hydroxylation is 2. The Morgan fingerprint density at radius 1 is 1.03 bits per heavy atom. The molecular formula is C28H33NO5. The van der Waals surface area contributed by atoms with Crippen LogP contribution in [0.1, 0.15) is 77.9 Å². The lowest BCUT2D eigenvalue weighted by atomic mass is 9.97. The van der Waals surface area contributed by atoms with Gasteiger partial charge in [-0.1, -0.05) is 44.4 Å². The van der Waals surface area contributed by atoms with Crippen molar-refractivity contribution in [3.63, 3.8) is 0 Å². The summed E-state index contributed by atoms with van der Waals surface area (Å²) in [4.78, 5) is 28.6. The zero-order chi connectivity index (χ0) is 24.2. The zero-order valence-electron chi connectivity index (χ0n) is 20.2. The quantitative estimate of drug-likeness (QED) is 0.413. The van der Waals surface area contributed by atoms with Crippen LogP contribution in [0.25, 0.3) is 11.0 Å². The number of aliphatic hydroxyl groups is 1. The fourth-order valence-corrected chi connectivity index (χ4v) is 4.80. The van der Waals surface area contributed by atoms with Crippen LogP contribution in [-0.2, 0) is 0 Å². The first-order chi connectivity index (χ1) is 16.5. The van der Waals surface area contributed by atoms with E-state index in [1.807, 2.05) is 44.2 Å². The SMILES string of the molecule is CCCCCCOc1ccc(C2c3c(oc4cc(C)cc(C)c4c3=O)C(=O)N2CCCO)cc1. The van der Waals surface area contributed by atoms with Crippen molar-refractivity contribution in [2.45, 2.75) is 58.9 Å². The Balaban J connectivity index is 1.72. The van der Waals surface area contributed by atoms with Crippen LogP contribution < -0.4 is 10.2 Å². The summed E-state index contributed by atoms with van der Waals surface area (Å²) in [5, 5.41) is 9.91. The molecule has 0 radical (unpaired) electrons. The summed E-state index contributed by atoms with van der Waals surface area (Å²) in [6.07, 6.45) is 4.98. The molecule has 1 aliphatic heterocycles. The summed E-state index contributed by atoms with van der Waals surface area (Å²) >= 11 is 0. The van der Waals surface area contributed by atoms with Crippen molar-refractivity contribution in [3.8, 4) is 5.75 Å². The lowest BCUT2D eigenvalue weighted by Crippen LogP contribution is -2.31. The highest BCUT2D eigenvalue weighted by molar-refractivity contribution is 5.99. The van der Waals surface area contributed by atoms with E-state index in [9.17, 15) is 14.7 Å². The van der Waals surface area contributed by atoms with Gasteiger partial charge in [-0.05, 0) is 61.6 Å². The van der Waals surface area contributed by atoms with Crippen molar-refractivity contribution in [1.29, 1.82) is 0 Å². The number of benzene rings is 2. The number of amides is 1. The lowest BCUT2D eigenvalue weighted by molar-refractivity contribution is 0.0716. The molecule has 4 rings (SSSR count). The maximum atomic E-state index is 13.7. The Morgan fingerprint density at radius 2 is 1.79 bits per heavy atom. The summed E-state index contributed by atoms with van der Waals surface area (Å²) in [7, 11) is 0. The van der Waals surface area contributed by atoms with Crippen LogP contribution in [-0.4, -0.2) is 35.7 Å². The molecule has 0 bridgehead atoms. The summed E-state index contributed by atoms with van der Waals surface area (Å²) in [6, 6.07) is 10.8. The predicted molar refractivity (Wildman–Crippen MR) is 133 cm³/mol. The van der Waals surface area contributed by atoms with Gasteiger partial charge in [-0.15, -0.1) is 0 Å². The van der Waals surface area contributed by atoms with E-state index in [0.717, 1.165) is 35.3 Å². The smallest absolute Gasteiger partial charge is 0.290 e. The van der Waals surface area contributed by atoms with Crippen molar-refractivity contribution < 1.29 is 19.1 Å². The molecule has 180 valence electrons. The summed E-state index contributed by atoms with van der Waals surface area (Å²) in [5.41, 5.74) is 3.25. The molecule has 1 aliphatic rings. The van der Waals surface area contributed by atoms with E-state index >= 15 is 0 Å². The normalized spacial score (nSPS) is 15.2. The van der Waals surface area contributed by atoms with Crippen LogP contribution >= 0.6 is 0 Å². The van der Waals surface area contributed by atoms with Gasteiger partial charge in [0.05, 0.1) is 23.6 Å². The Morgan fingerprint density at radius 3 is 2.50 bits per heavy atom. The number of unbranched alkanes of at least 4 members (excludes halogenated alkanes) is 3. The molecule has 1 unspecified atom stereocenters. The molecule has 2 aromatic carbocycles. The maximum Gasteiger partial charge on any atom is 0.290 e. The van der Waals surface area contributed by atoms with E-state index in [1.165, 1.54) is 12.8 Å². The topological polar surface area (TPSA) is 80.0 Å². The van der Waals surface area contributed by atoms with Crippen LogP contribution in [0, 0.1) is 13.8 Å². The second kappa shape index (κ2) is 10.4. The Kier molecular flexibility index (Phi) is 7.37. The highest BCUT2D eigenvalue weighted by atomic mass is 16.5. The fourth-order valence-electron chi connectivity index (χ4n) is 4.80. The van der Waals surface area contributed by atoms with E-state index < -0.39 is 6.04 Å². The molecule has 0 aliphatic carbocycles. The standard InChI is InChI=1S/C28H33NO5/c1-4-5-6-7-15-33-21-11-9-20(10-12-21)25-24-26(31)23-19(3)16-18(2)17-22(23)34-27(24)28(32)29(25)13-8-14-30/h9-12,16-17,25,30H,4-8,13-15H2,1-3H3. The van der Waals surface area contributed by atoms with E-state index in [4.69, 9.17) is 9.15 Å². The molecule has 0 saturated carbocycles. The van der Waals surface area contributed by atoms with Crippen LogP contribution in [0.15, 0.2) is 45.6 Å². The molecule has 0 spiro atoms. The Hall–Kier alpha value is -3.12. The highest BCUT2D eigenvalue weighted by Crippen LogP contribution is 2.39. The van der Waals surface area contributed by atoms with Gasteiger partial charge in [-0.2, -0.15) is 0 Å². The number of ether oxygens (including phenoxy) is 1. The summed E-state index contributed by atoms with van der Waals surface area (Å²) in [5.74, 6) is 0.549. The van der Waals surface area contributed by atoms with Crippen molar-refractivity contribution in [1.82, 2.24) is 4.90 Å². The molecule has 3 aromatic rings. The number of hydrogen-bond acceptors (Lipinski definition) is 5. The minimum absolute atomic E-state index is 0.0424. The number of hydrogen-bond donors (Lipinski definition) is 1. The number of aliphatic hydroxyl groups excluding tert-OH is 1. The number of carbonyl (C=O) groups excluding carboxylic acids is 1. The van der Waals surface area contributed by atoms with Gasteiger partial charge in [0, 0.05) is 13.2 Å². The van der Waals surface area contributed by atoms with Gasteiger partial charge in [0.15, 0.2) is 5.43 Å². The van der Waals surface area contributed by atoms with Gasteiger partial charge in [0.25, 0.3) is 5.91 Å². The van der Waals surface area contributed by atoms with Crippen molar-refractivity contribution in [2.24, 2.45) is 0 Å². The second-order valence-corrected chi connectivity index (χ2v) is 9.09. The number of carbonyl (C=O) groups is 1. The Bertz CT molecular complexity index is 1230. The first kappa shape index (κ1) is 24.0. The molecule has 34 heavy (non-hydrogen) atoms. The molecular weight excluding hydrogens is 430 g/mol. The predicted octanol–water partition coefficient (Wildman–Crippen LogP) is 5.30. The average molecular weight is 464 g/mol. The lowest BCUT2D eigenvalue weighted by Gasteiger charge is -2.25. The number of rotatable bonds is 10. The van der Waals surface area contributed by atoms with Crippen molar-refractivity contribution in [2.75, 3.05) is 19.8 Å². The monoisotopic (exact) mass is 463 g/mol. The van der Waals surface area contributed by atoms with Crippen LogP contribution in [0.2, 0.25) is 0 Å². The Labute approximate surface area is 200 Å². The fraction of sp³-hybridized carbons (Fsp3) is 0.429. The molecule has 2 heterocycles. The minimum atomic E-state index is -0.561.